The second-order valence-corrected chi connectivity index (χ2v) is 4.71. The Morgan fingerprint density at radius 3 is 2.68 bits per heavy atom. The number of hydrogen-bond donors (Lipinski definition) is 1. The van der Waals surface area contributed by atoms with E-state index in [4.69, 9.17) is 15.2 Å². The van der Waals surface area contributed by atoms with Crippen molar-refractivity contribution in [1.82, 2.24) is 4.98 Å². The molecule has 0 bridgehead atoms. The summed E-state index contributed by atoms with van der Waals surface area (Å²) in [5, 5.41) is 0.954. The average Bonchev–Trinajstić information content (AvgIpc) is 2.40. The van der Waals surface area contributed by atoms with E-state index < -0.39 is 0 Å². The number of nitrogens with two attached hydrogens (primary N) is 1. The predicted octanol–water partition coefficient (Wildman–Crippen LogP) is 3.18. The Morgan fingerprint density at radius 1 is 1.37 bits per heavy atom. The Labute approximate surface area is 113 Å². The summed E-state index contributed by atoms with van der Waals surface area (Å²) in [6.07, 6.45) is 2.73. The number of anilines is 1. The smallest absolute Gasteiger partial charge is 0.171 e. The normalized spacial score (nSPS) is 11.0. The Bertz CT molecular complexity index is 594. The van der Waals surface area contributed by atoms with E-state index in [1.165, 1.54) is 0 Å². The minimum atomic E-state index is 0.0608. The van der Waals surface area contributed by atoms with E-state index in [1.807, 2.05) is 19.9 Å². The van der Waals surface area contributed by atoms with Crippen molar-refractivity contribution in [2.45, 2.75) is 33.3 Å². The summed E-state index contributed by atoms with van der Waals surface area (Å²) in [6.45, 7) is 6.08. The van der Waals surface area contributed by atoms with Crippen LogP contribution in [-0.4, -0.2) is 18.2 Å². The number of hydrogen-bond acceptors (Lipinski definition) is 4. The molecule has 0 saturated heterocycles. The first-order valence-electron chi connectivity index (χ1n) is 6.49. The molecule has 4 nitrogen and oxygen atoms in total. The average molecular weight is 260 g/mol. The lowest BCUT2D eigenvalue weighted by atomic mass is 10.0. The highest BCUT2D eigenvalue weighted by atomic mass is 16.5. The van der Waals surface area contributed by atoms with Gasteiger partial charge in [0, 0.05) is 12.3 Å². The molecule has 0 unspecified atom stereocenters. The van der Waals surface area contributed by atoms with Crippen LogP contribution in [0.25, 0.3) is 10.9 Å². The van der Waals surface area contributed by atoms with Gasteiger partial charge in [-0.3, -0.25) is 4.98 Å². The number of aryl methyl sites for hydroxylation is 1. The molecule has 2 aromatic rings. The lowest BCUT2D eigenvalue weighted by molar-refractivity contribution is 0.233. The van der Waals surface area contributed by atoms with Gasteiger partial charge < -0.3 is 15.2 Å². The number of nitrogens with zero attached hydrogens (tertiary/aromatic N) is 1. The third-order valence-electron chi connectivity index (χ3n) is 3.00. The zero-order chi connectivity index (χ0) is 14.0. The van der Waals surface area contributed by atoms with Crippen LogP contribution in [0.5, 0.6) is 11.5 Å². The van der Waals surface area contributed by atoms with Crippen LogP contribution < -0.4 is 15.2 Å². The van der Waals surface area contributed by atoms with Gasteiger partial charge >= 0.3 is 0 Å². The van der Waals surface area contributed by atoms with E-state index in [-0.39, 0.29) is 6.10 Å². The largest absolute Gasteiger partial charge is 0.493 e. The number of nitrogen functional groups attached to an aromatic ring is 1. The Balaban J connectivity index is 2.83. The summed E-state index contributed by atoms with van der Waals surface area (Å²) in [5.41, 5.74) is 8.60. The number of rotatable bonds is 4. The van der Waals surface area contributed by atoms with Gasteiger partial charge in [-0.05, 0) is 31.9 Å². The van der Waals surface area contributed by atoms with Crippen LogP contribution in [0.2, 0.25) is 0 Å². The highest BCUT2D eigenvalue weighted by Gasteiger charge is 2.17. The molecule has 0 radical (unpaired) electrons. The minimum absolute atomic E-state index is 0.0608. The van der Waals surface area contributed by atoms with E-state index in [0.29, 0.717) is 11.4 Å². The first-order chi connectivity index (χ1) is 9.08. The van der Waals surface area contributed by atoms with E-state index >= 15 is 0 Å². The van der Waals surface area contributed by atoms with Crippen LogP contribution in [0.4, 0.5) is 5.69 Å². The van der Waals surface area contributed by atoms with Gasteiger partial charge in [0.1, 0.15) is 0 Å². The predicted molar refractivity (Wildman–Crippen MR) is 77.8 cm³/mol. The van der Waals surface area contributed by atoms with E-state index in [9.17, 15) is 0 Å². The van der Waals surface area contributed by atoms with Crippen LogP contribution in [-0.2, 0) is 6.42 Å². The number of pyridine rings is 1. The monoisotopic (exact) mass is 260 g/mol. The summed E-state index contributed by atoms with van der Waals surface area (Å²) in [7, 11) is 1.62. The molecular weight excluding hydrogens is 240 g/mol. The standard InChI is InChI=1S/C15H20N2O2/c1-5-10-6-7-17-14-11(16)8-12(18-4)15(13(10)14)19-9(2)3/h6-9H,5,16H2,1-4H3. The molecule has 0 aliphatic heterocycles. The molecule has 1 heterocycles. The van der Waals surface area contributed by atoms with Gasteiger partial charge in [0.2, 0.25) is 0 Å². The number of benzene rings is 1. The maximum Gasteiger partial charge on any atom is 0.171 e. The third-order valence-corrected chi connectivity index (χ3v) is 3.00. The summed E-state index contributed by atoms with van der Waals surface area (Å²) >= 11 is 0. The summed E-state index contributed by atoms with van der Waals surface area (Å²) in [4.78, 5) is 4.37. The lowest BCUT2D eigenvalue weighted by Crippen LogP contribution is -2.08. The molecule has 0 spiro atoms. The van der Waals surface area contributed by atoms with Crippen molar-refractivity contribution in [3.63, 3.8) is 0 Å². The lowest BCUT2D eigenvalue weighted by Gasteiger charge is -2.18. The fraction of sp³-hybridized carbons (Fsp3) is 0.400. The SMILES string of the molecule is CCc1ccnc2c(N)cc(OC)c(OC(C)C)c12. The molecule has 102 valence electrons. The van der Waals surface area contributed by atoms with Gasteiger partial charge in [-0.2, -0.15) is 0 Å². The maximum absolute atomic E-state index is 6.06. The van der Waals surface area contributed by atoms with Crippen molar-refractivity contribution >= 4 is 16.6 Å². The quantitative estimate of drug-likeness (QED) is 0.858. The van der Waals surface area contributed by atoms with Gasteiger partial charge in [-0.15, -0.1) is 0 Å². The maximum atomic E-state index is 6.06. The zero-order valence-corrected chi connectivity index (χ0v) is 11.9. The Morgan fingerprint density at radius 2 is 2.11 bits per heavy atom. The summed E-state index contributed by atoms with van der Waals surface area (Å²) in [5.74, 6) is 1.38. The van der Waals surface area contributed by atoms with Crippen molar-refractivity contribution in [3.8, 4) is 11.5 Å². The molecule has 1 aromatic carbocycles. The number of ether oxygens (including phenoxy) is 2. The zero-order valence-electron chi connectivity index (χ0n) is 11.9. The Hall–Kier alpha value is -1.97. The topological polar surface area (TPSA) is 57.4 Å². The highest BCUT2D eigenvalue weighted by Crippen LogP contribution is 2.40. The molecule has 0 atom stereocenters. The van der Waals surface area contributed by atoms with Crippen molar-refractivity contribution < 1.29 is 9.47 Å². The molecule has 4 heteroatoms. The fourth-order valence-electron chi connectivity index (χ4n) is 2.17. The van der Waals surface area contributed by atoms with E-state index in [1.54, 1.807) is 19.4 Å². The molecule has 1 aromatic heterocycles. The minimum Gasteiger partial charge on any atom is -0.493 e. The summed E-state index contributed by atoms with van der Waals surface area (Å²) in [6, 6.07) is 3.76. The van der Waals surface area contributed by atoms with Crippen molar-refractivity contribution in [1.29, 1.82) is 0 Å². The highest BCUT2D eigenvalue weighted by molar-refractivity contribution is 5.98. The van der Waals surface area contributed by atoms with Gasteiger partial charge in [0.05, 0.1) is 29.8 Å². The molecule has 0 aliphatic carbocycles. The summed E-state index contributed by atoms with van der Waals surface area (Å²) < 4.78 is 11.3. The van der Waals surface area contributed by atoms with E-state index in [0.717, 1.165) is 28.6 Å². The first kappa shape index (κ1) is 13.5. The van der Waals surface area contributed by atoms with Crippen LogP contribution in [0.3, 0.4) is 0 Å². The Kier molecular flexibility index (Phi) is 3.79. The van der Waals surface area contributed by atoms with Gasteiger partial charge in [0.25, 0.3) is 0 Å². The van der Waals surface area contributed by atoms with Gasteiger partial charge in [0.15, 0.2) is 11.5 Å². The van der Waals surface area contributed by atoms with Crippen LogP contribution in [0.1, 0.15) is 26.3 Å². The van der Waals surface area contributed by atoms with Gasteiger partial charge in [-0.25, -0.2) is 0 Å². The molecule has 0 saturated carbocycles. The van der Waals surface area contributed by atoms with E-state index in [2.05, 4.69) is 11.9 Å². The molecule has 0 amide bonds. The first-order valence-corrected chi connectivity index (χ1v) is 6.49. The van der Waals surface area contributed by atoms with Crippen LogP contribution in [0.15, 0.2) is 18.3 Å². The van der Waals surface area contributed by atoms with Crippen molar-refractivity contribution in [2.24, 2.45) is 0 Å². The van der Waals surface area contributed by atoms with Crippen molar-refractivity contribution in [2.75, 3.05) is 12.8 Å². The third kappa shape index (κ3) is 2.43. The fourth-order valence-corrected chi connectivity index (χ4v) is 2.17. The van der Waals surface area contributed by atoms with Crippen LogP contribution >= 0.6 is 0 Å². The number of methoxy groups -OCH3 is 1. The van der Waals surface area contributed by atoms with Gasteiger partial charge in [-0.1, -0.05) is 6.92 Å². The molecule has 2 N–H and O–H groups in total. The molecule has 2 rings (SSSR count). The second kappa shape index (κ2) is 5.34. The van der Waals surface area contributed by atoms with Crippen molar-refractivity contribution in [3.05, 3.63) is 23.9 Å². The molecule has 19 heavy (non-hydrogen) atoms. The molecular formula is C15H20N2O2. The van der Waals surface area contributed by atoms with Crippen LogP contribution in [0, 0.1) is 0 Å². The molecule has 0 aliphatic rings. The number of aromatic nitrogens is 1. The second-order valence-electron chi connectivity index (χ2n) is 4.71. The number of fused-ring (bicyclic) bond motifs is 1. The molecule has 0 fully saturated rings.